The van der Waals surface area contributed by atoms with Crippen molar-refractivity contribution in [1.82, 2.24) is 9.97 Å². The van der Waals surface area contributed by atoms with E-state index < -0.39 is 5.82 Å². The smallest absolute Gasteiger partial charge is 0.245 e. The normalized spacial score (nSPS) is 10.1. The molecule has 0 saturated heterocycles. The fourth-order valence-electron chi connectivity index (χ4n) is 1.07. The molecule has 1 heterocycles. The van der Waals surface area contributed by atoms with Crippen LogP contribution >= 0.6 is 15.9 Å². The van der Waals surface area contributed by atoms with Gasteiger partial charge in [-0.2, -0.15) is 4.98 Å². The molecule has 82 valence electrons. The molecule has 0 unspecified atom stereocenters. The van der Waals surface area contributed by atoms with Gasteiger partial charge in [0.1, 0.15) is 23.6 Å². The van der Waals surface area contributed by atoms with E-state index in [2.05, 4.69) is 25.9 Å². The summed E-state index contributed by atoms with van der Waals surface area (Å²) < 4.78 is 19.0. The van der Waals surface area contributed by atoms with Crippen LogP contribution in [0.2, 0.25) is 0 Å². The number of anilines is 1. The summed E-state index contributed by atoms with van der Waals surface area (Å²) in [5.74, 6) is 0.109. The van der Waals surface area contributed by atoms with Crippen LogP contribution in [0.1, 0.15) is 0 Å². The topological polar surface area (TPSA) is 61.0 Å². The number of nitrogen functional groups attached to an aromatic ring is 1. The Bertz CT molecular complexity index is 521. The van der Waals surface area contributed by atoms with E-state index in [0.717, 1.165) is 0 Å². The summed E-state index contributed by atoms with van der Waals surface area (Å²) in [4.78, 5) is 7.57. The van der Waals surface area contributed by atoms with Crippen molar-refractivity contribution in [3.63, 3.8) is 0 Å². The maximum Gasteiger partial charge on any atom is 0.245 e. The largest absolute Gasteiger partial charge is 0.436 e. The van der Waals surface area contributed by atoms with Crippen LogP contribution in [-0.4, -0.2) is 9.97 Å². The van der Waals surface area contributed by atoms with Crippen molar-refractivity contribution >= 4 is 21.6 Å². The molecule has 0 aliphatic heterocycles. The first-order valence-corrected chi connectivity index (χ1v) is 5.14. The van der Waals surface area contributed by atoms with Gasteiger partial charge in [0, 0.05) is 6.07 Å². The third-order valence-corrected chi connectivity index (χ3v) is 2.46. The number of halogens is 2. The molecule has 4 nitrogen and oxygen atoms in total. The van der Waals surface area contributed by atoms with Gasteiger partial charge in [0.05, 0.1) is 10.7 Å². The number of nitrogens with zero attached hydrogens (tertiary/aromatic N) is 2. The van der Waals surface area contributed by atoms with Crippen molar-refractivity contribution in [2.45, 2.75) is 0 Å². The Labute approximate surface area is 99.4 Å². The van der Waals surface area contributed by atoms with Crippen LogP contribution in [0.3, 0.4) is 0 Å². The predicted octanol–water partition coefficient (Wildman–Crippen LogP) is 2.75. The van der Waals surface area contributed by atoms with E-state index in [1.165, 1.54) is 24.7 Å². The van der Waals surface area contributed by atoms with Crippen molar-refractivity contribution in [1.29, 1.82) is 0 Å². The molecule has 6 heteroatoms. The van der Waals surface area contributed by atoms with E-state index >= 15 is 0 Å². The molecule has 0 fully saturated rings. The van der Waals surface area contributed by atoms with Gasteiger partial charge in [0.2, 0.25) is 5.88 Å². The van der Waals surface area contributed by atoms with Crippen LogP contribution in [0.4, 0.5) is 10.1 Å². The van der Waals surface area contributed by atoms with Gasteiger partial charge < -0.3 is 10.5 Å². The number of benzene rings is 1. The SMILES string of the molecule is Nc1cncnc1Oc1cc(F)ccc1Br. The lowest BCUT2D eigenvalue weighted by Crippen LogP contribution is -1.96. The summed E-state index contributed by atoms with van der Waals surface area (Å²) in [6.45, 7) is 0. The van der Waals surface area contributed by atoms with Gasteiger partial charge in [0.25, 0.3) is 0 Å². The first-order valence-electron chi connectivity index (χ1n) is 4.35. The highest BCUT2D eigenvalue weighted by atomic mass is 79.9. The van der Waals surface area contributed by atoms with Gasteiger partial charge in [0.15, 0.2) is 0 Å². The van der Waals surface area contributed by atoms with Gasteiger partial charge in [-0.05, 0) is 28.1 Å². The number of hydrogen-bond acceptors (Lipinski definition) is 4. The third-order valence-electron chi connectivity index (χ3n) is 1.80. The fraction of sp³-hybridized carbons (Fsp3) is 0. The quantitative estimate of drug-likeness (QED) is 0.921. The standard InChI is InChI=1S/C10H7BrFN3O/c11-7-2-1-6(12)3-9(7)16-10-8(13)4-14-5-15-10/h1-5H,13H2. The third kappa shape index (κ3) is 2.27. The molecule has 0 aliphatic rings. The first kappa shape index (κ1) is 10.8. The van der Waals surface area contributed by atoms with Gasteiger partial charge in [-0.25, -0.2) is 9.37 Å². The van der Waals surface area contributed by atoms with Crippen molar-refractivity contribution in [3.05, 3.63) is 41.0 Å². The number of aromatic nitrogens is 2. The first-order chi connectivity index (χ1) is 7.66. The van der Waals surface area contributed by atoms with Crippen molar-refractivity contribution in [3.8, 4) is 11.6 Å². The van der Waals surface area contributed by atoms with Crippen LogP contribution in [0, 0.1) is 5.82 Å². The Balaban J connectivity index is 2.34. The van der Waals surface area contributed by atoms with E-state index in [1.54, 1.807) is 6.07 Å². The summed E-state index contributed by atoms with van der Waals surface area (Å²) in [5, 5.41) is 0. The van der Waals surface area contributed by atoms with Crippen LogP contribution in [0.25, 0.3) is 0 Å². The zero-order valence-corrected chi connectivity index (χ0v) is 9.61. The lowest BCUT2D eigenvalue weighted by atomic mass is 10.3. The molecule has 0 radical (unpaired) electrons. The maximum absolute atomic E-state index is 13.0. The van der Waals surface area contributed by atoms with Crippen LogP contribution < -0.4 is 10.5 Å². The van der Waals surface area contributed by atoms with E-state index in [9.17, 15) is 4.39 Å². The zero-order chi connectivity index (χ0) is 11.5. The summed E-state index contributed by atoms with van der Waals surface area (Å²) in [6, 6.07) is 4.11. The summed E-state index contributed by atoms with van der Waals surface area (Å²) in [5.41, 5.74) is 5.89. The molecule has 0 aliphatic carbocycles. The molecule has 16 heavy (non-hydrogen) atoms. The molecular weight excluding hydrogens is 277 g/mol. The maximum atomic E-state index is 13.0. The Kier molecular flexibility index (Phi) is 3.00. The Morgan fingerprint density at radius 1 is 1.38 bits per heavy atom. The van der Waals surface area contributed by atoms with Crippen molar-refractivity contribution in [2.75, 3.05) is 5.73 Å². The molecule has 0 saturated carbocycles. The van der Waals surface area contributed by atoms with Gasteiger partial charge in [-0.3, -0.25) is 0 Å². The van der Waals surface area contributed by atoms with E-state index in [0.29, 0.717) is 15.9 Å². The molecule has 0 bridgehead atoms. The Hall–Kier alpha value is -1.69. The summed E-state index contributed by atoms with van der Waals surface area (Å²) >= 11 is 3.24. The lowest BCUT2D eigenvalue weighted by Gasteiger charge is -2.07. The molecule has 1 aromatic carbocycles. The molecule has 2 rings (SSSR count). The minimum absolute atomic E-state index is 0.196. The fourth-order valence-corrected chi connectivity index (χ4v) is 1.40. The minimum Gasteiger partial charge on any atom is -0.436 e. The monoisotopic (exact) mass is 283 g/mol. The molecule has 2 aromatic rings. The second-order valence-corrected chi connectivity index (χ2v) is 3.81. The Morgan fingerprint density at radius 3 is 2.94 bits per heavy atom. The number of hydrogen-bond donors (Lipinski definition) is 1. The molecule has 2 N–H and O–H groups in total. The zero-order valence-electron chi connectivity index (χ0n) is 8.02. The Morgan fingerprint density at radius 2 is 2.19 bits per heavy atom. The van der Waals surface area contributed by atoms with Gasteiger partial charge in [-0.15, -0.1) is 0 Å². The molecule has 0 atom stereocenters. The molecule has 1 aromatic heterocycles. The van der Waals surface area contributed by atoms with Crippen molar-refractivity contribution in [2.24, 2.45) is 0 Å². The van der Waals surface area contributed by atoms with E-state index in [4.69, 9.17) is 10.5 Å². The van der Waals surface area contributed by atoms with Gasteiger partial charge in [-0.1, -0.05) is 0 Å². The molecular formula is C10H7BrFN3O. The average Bonchev–Trinajstić information content (AvgIpc) is 2.27. The molecule has 0 spiro atoms. The van der Waals surface area contributed by atoms with E-state index in [1.807, 2.05) is 0 Å². The summed E-state index contributed by atoms with van der Waals surface area (Å²) in [7, 11) is 0. The number of rotatable bonds is 2. The predicted molar refractivity (Wildman–Crippen MR) is 60.6 cm³/mol. The lowest BCUT2D eigenvalue weighted by molar-refractivity contribution is 0.456. The van der Waals surface area contributed by atoms with Gasteiger partial charge >= 0.3 is 0 Å². The van der Waals surface area contributed by atoms with Crippen molar-refractivity contribution < 1.29 is 9.13 Å². The second kappa shape index (κ2) is 4.44. The number of ether oxygens (including phenoxy) is 1. The summed E-state index contributed by atoms with van der Waals surface area (Å²) in [6.07, 6.45) is 2.72. The van der Waals surface area contributed by atoms with E-state index in [-0.39, 0.29) is 5.88 Å². The minimum atomic E-state index is -0.397. The van der Waals surface area contributed by atoms with Crippen LogP contribution in [0.5, 0.6) is 11.6 Å². The average molecular weight is 284 g/mol. The van der Waals surface area contributed by atoms with Crippen LogP contribution in [0.15, 0.2) is 35.2 Å². The molecule has 0 amide bonds. The highest BCUT2D eigenvalue weighted by Crippen LogP contribution is 2.31. The number of nitrogens with two attached hydrogens (primary N) is 1. The second-order valence-electron chi connectivity index (χ2n) is 2.96. The highest BCUT2D eigenvalue weighted by Gasteiger charge is 2.07. The van der Waals surface area contributed by atoms with Crippen LogP contribution in [-0.2, 0) is 0 Å². The highest BCUT2D eigenvalue weighted by molar-refractivity contribution is 9.10.